The Labute approximate surface area is 113 Å². The van der Waals surface area contributed by atoms with Gasteiger partial charge in [0.15, 0.2) is 6.61 Å². The van der Waals surface area contributed by atoms with Crippen LogP contribution in [0.25, 0.3) is 0 Å². The van der Waals surface area contributed by atoms with Crippen LogP contribution in [0.5, 0.6) is 5.75 Å². The van der Waals surface area contributed by atoms with E-state index in [1.54, 1.807) is 0 Å². The number of carbonyl (C=O) groups is 1. The number of esters is 1. The molecule has 5 heteroatoms. The quantitative estimate of drug-likeness (QED) is 0.827. The second kappa shape index (κ2) is 6.43. The molecule has 0 aromatic heterocycles. The standard InChI is InChI=1S/C14H20N2O3/c1-18-14(17)10-19-13-7-3-2-6-12(13)16-8-4-5-11(15)9-16/h2-3,6-7,11H,4-5,8-10,15H2,1H3. The summed E-state index contributed by atoms with van der Waals surface area (Å²) in [5, 5.41) is 0. The van der Waals surface area contributed by atoms with Gasteiger partial charge in [-0.15, -0.1) is 0 Å². The summed E-state index contributed by atoms with van der Waals surface area (Å²) >= 11 is 0. The topological polar surface area (TPSA) is 64.8 Å². The van der Waals surface area contributed by atoms with Crippen molar-refractivity contribution < 1.29 is 14.3 Å². The third kappa shape index (κ3) is 3.61. The molecule has 0 spiro atoms. The Morgan fingerprint density at radius 3 is 3.00 bits per heavy atom. The first-order valence-electron chi connectivity index (χ1n) is 6.50. The number of ether oxygens (including phenoxy) is 2. The van der Waals surface area contributed by atoms with E-state index in [0.29, 0.717) is 5.75 Å². The zero-order valence-corrected chi connectivity index (χ0v) is 11.2. The second-order valence-electron chi connectivity index (χ2n) is 4.68. The number of benzene rings is 1. The van der Waals surface area contributed by atoms with Crippen molar-refractivity contribution in [2.24, 2.45) is 5.73 Å². The van der Waals surface area contributed by atoms with E-state index in [-0.39, 0.29) is 18.6 Å². The summed E-state index contributed by atoms with van der Waals surface area (Å²) in [6.07, 6.45) is 2.13. The van der Waals surface area contributed by atoms with Gasteiger partial charge in [-0.2, -0.15) is 0 Å². The number of carbonyl (C=O) groups excluding carboxylic acids is 1. The predicted molar refractivity (Wildman–Crippen MR) is 73.4 cm³/mol. The molecule has 104 valence electrons. The summed E-state index contributed by atoms with van der Waals surface area (Å²) in [6, 6.07) is 7.89. The number of methoxy groups -OCH3 is 1. The van der Waals surface area contributed by atoms with Crippen molar-refractivity contribution in [2.45, 2.75) is 18.9 Å². The van der Waals surface area contributed by atoms with Gasteiger partial charge in [0.1, 0.15) is 5.75 Å². The third-order valence-electron chi connectivity index (χ3n) is 3.24. The summed E-state index contributed by atoms with van der Waals surface area (Å²) in [6.45, 7) is 1.71. The van der Waals surface area contributed by atoms with Gasteiger partial charge in [0, 0.05) is 19.1 Å². The molecular formula is C14H20N2O3. The van der Waals surface area contributed by atoms with Crippen LogP contribution in [-0.4, -0.2) is 38.8 Å². The van der Waals surface area contributed by atoms with Gasteiger partial charge in [0.05, 0.1) is 12.8 Å². The van der Waals surface area contributed by atoms with E-state index in [1.807, 2.05) is 24.3 Å². The summed E-state index contributed by atoms with van der Waals surface area (Å²) in [4.78, 5) is 13.4. The van der Waals surface area contributed by atoms with Crippen LogP contribution in [0.4, 0.5) is 5.69 Å². The highest BCUT2D eigenvalue weighted by molar-refractivity contribution is 5.71. The van der Waals surface area contributed by atoms with E-state index >= 15 is 0 Å². The molecule has 0 saturated carbocycles. The number of nitrogens with zero attached hydrogens (tertiary/aromatic N) is 1. The molecule has 5 nitrogen and oxygen atoms in total. The van der Waals surface area contributed by atoms with Crippen LogP contribution in [0.2, 0.25) is 0 Å². The highest BCUT2D eigenvalue weighted by Crippen LogP contribution is 2.29. The molecule has 1 unspecified atom stereocenters. The molecule has 1 aromatic rings. The molecule has 2 rings (SSSR count). The monoisotopic (exact) mass is 264 g/mol. The highest BCUT2D eigenvalue weighted by Gasteiger charge is 2.19. The minimum absolute atomic E-state index is 0.0760. The van der Waals surface area contributed by atoms with Gasteiger partial charge in [-0.05, 0) is 25.0 Å². The van der Waals surface area contributed by atoms with Gasteiger partial charge >= 0.3 is 5.97 Å². The maximum absolute atomic E-state index is 11.1. The van der Waals surface area contributed by atoms with E-state index in [0.717, 1.165) is 31.6 Å². The third-order valence-corrected chi connectivity index (χ3v) is 3.24. The average Bonchev–Trinajstić information content (AvgIpc) is 2.45. The number of hydrogen-bond donors (Lipinski definition) is 1. The SMILES string of the molecule is COC(=O)COc1ccccc1N1CCCC(N)C1. The van der Waals surface area contributed by atoms with Crippen molar-refractivity contribution in [1.82, 2.24) is 0 Å². The summed E-state index contributed by atoms with van der Waals surface area (Å²) in [5.41, 5.74) is 6.99. The molecule has 1 aliphatic rings. The van der Waals surface area contributed by atoms with Gasteiger partial charge in [-0.1, -0.05) is 12.1 Å². The molecule has 1 fully saturated rings. The Bertz CT molecular complexity index is 436. The Kier molecular flexibility index (Phi) is 4.63. The summed E-state index contributed by atoms with van der Waals surface area (Å²) in [5.74, 6) is 0.312. The minimum Gasteiger partial charge on any atom is -0.480 e. The lowest BCUT2D eigenvalue weighted by molar-refractivity contribution is -0.142. The van der Waals surface area contributed by atoms with Crippen molar-refractivity contribution in [3.8, 4) is 5.75 Å². The molecule has 1 aromatic carbocycles. The van der Waals surface area contributed by atoms with E-state index in [2.05, 4.69) is 9.64 Å². The summed E-state index contributed by atoms with van der Waals surface area (Å²) < 4.78 is 10.1. The fraction of sp³-hybridized carbons (Fsp3) is 0.500. The molecule has 2 N–H and O–H groups in total. The Hall–Kier alpha value is -1.75. The predicted octanol–water partition coefficient (Wildman–Crippen LogP) is 1.17. The van der Waals surface area contributed by atoms with Crippen LogP contribution in [0, 0.1) is 0 Å². The van der Waals surface area contributed by atoms with E-state index in [1.165, 1.54) is 7.11 Å². The molecular weight excluding hydrogens is 244 g/mol. The van der Waals surface area contributed by atoms with Gasteiger partial charge in [0.25, 0.3) is 0 Å². The zero-order valence-electron chi connectivity index (χ0n) is 11.2. The van der Waals surface area contributed by atoms with Gasteiger partial charge in [-0.3, -0.25) is 0 Å². The van der Waals surface area contributed by atoms with Crippen LogP contribution in [0.3, 0.4) is 0 Å². The molecule has 0 radical (unpaired) electrons. The number of para-hydroxylation sites is 2. The normalized spacial score (nSPS) is 19.1. The second-order valence-corrected chi connectivity index (χ2v) is 4.68. The number of nitrogens with two attached hydrogens (primary N) is 1. The van der Waals surface area contributed by atoms with Crippen molar-refractivity contribution in [2.75, 3.05) is 31.7 Å². The molecule has 0 amide bonds. The number of piperidine rings is 1. The number of anilines is 1. The smallest absolute Gasteiger partial charge is 0.343 e. The molecule has 1 aliphatic heterocycles. The average molecular weight is 264 g/mol. The maximum atomic E-state index is 11.1. The van der Waals surface area contributed by atoms with Crippen molar-refractivity contribution >= 4 is 11.7 Å². The lowest BCUT2D eigenvalue weighted by Gasteiger charge is -2.33. The maximum Gasteiger partial charge on any atom is 0.343 e. The molecule has 0 bridgehead atoms. The Morgan fingerprint density at radius 2 is 2.26 bits per heavy atom. The van der Waals surface area contributed by atoms with Crippen molar-refractivity contribution in [3.05, 3.63) is 24.3 Å². The molecule has 1 atom stereocenters. The van der Waals surface area contributed by atoms with Crippen LogP contribution < -0.4 is 15.4 Å². The van der Waals surface area contributed by atoms with Crippen LogP contribution in [-0.2, 0) is 9.53 Å². The zero-order chi connectivity index (χ0) is 13.7. The number of hydrogen-bond acceptors (Lipinski definition) is 5. The molecule has 0 aliphatic carbocycles. The van der Waals surface area contributed by atoms with Crippen LogP contribution in [0.15, 0.2) is 24.3 Å². The first kappa shape index (κ1) is 13.7. The van der Waals surface area contributed by atoms with Crippen molar-refractivity contribution in [3.63, 3.8) is 0 Å². The van der Waals surface area contributed by atoms with Crippen LogP contribution in [0.1, 0.15) is 12.8 Å². The molecule has 1 saturated heterocycles. The molecule has 19 heavy (non-hydrogen) atoms. The van der Waals surface area contributed by atoms with Crippen LogP contribution >= 0.6 is 0 Å². The highest BCUT2D eigenvalue weighted by atomic mass is 16.6. The Balaban J connectivity index is 2.09. The fourth-order valence-electron chi connectivity index (χ4n) is 2.26. The minimum atomic E-state index is -0.384. The first-order chi connectivity index (χ1) is 9.20. The van der Waals surface area contributed by atoms with Gasteiger partial charge in [0.2, 0.25) is 0 Å². The van der Waals surface area contributed by atoms with E-state index in [9.17, 15) is 4.79 Å². The Morgan fingerprint density at radius 1 is 1.47 bits per heavy atom. The lowest BCUT2D eigenvalue weighted by atomic mass is 10.1. The fourth-order valence-corrected chi connectivity index (χ4v) is 2.26. The molecule has 1 heterocycles. The summed E-state index contributed by atoms with van der Waals surface area (Å²) in [7, 11) is 1.35. The van der Waals surface area contributed by atoms with Gasteiger partial charge in [-0.25, -0.2) is 4.79 Å². The van der Waals surface area contributed by atoms with E-state index < -0.39 is 0 Å². The van der Waals surface area contributed by atoms with Gasteiger partial charge < -0.3 is 20.1 Å². The largest absolute Gasteiger partial charge is 0.480 e. The lowest BCUT2D eigenvalue weighted by Crippen LogP contribution is -2.43. The first-order valence-corrected chi connectivity index (χ1v) is 6.50. The van der Waals surface area contributed by atoms with E-state index in [4.69, 9.17) is 10.5 Å². The van der Waals surface area contributed by atoms with Crippen molar-refractivity contribution in [1.29, 1.82) is 0 Å². The number of rotatable bonds is 4.